The van der Waals surface area contributed by atoms with E-state index in [1.165, 1.54) is 6.92 Å². The molecule has 3 atom stereocenters. The molecular formula is C23H29N3O4. The van der Waals surface area contributed by atoms with Gasteiger partial charge in [-0.2, -0.15) is 0 Å². The van der Waals surface area contributed by atoms with Gasteiger partial charge in [0.2, 0.25) is 17.7 Å². The van der Waals surface area contributed by atoms with Crippen molar-refractivity contribution in [3.63, 3.8) is 0 Å². The number of ether oxygens (including phenoxy) is 1. The van der Waals surface area contributed by atoms with Gasteiger partial charge in [-0.25, -0.2) is 0 Å². The van der Waals surface area contributed by atoms with E-state index in [2.05, 4.69) is 6.92 Å². The molecule has 0 N–H and O–H groups in total. The fourth-order valence-electron chi connectivity index (χ4n) is 5.25. The number of carbonyl (C=O) groups excluding carboxylic acids is 3. The van der Waals surface area contributed by atoms with Gasteiger partial charge in [0.15, 0.2) is 5.60 Å². The van der Waals surface area contributed by atoms with Crippen molar-refractivity contribution in [2.24, 2.45) is 11.8 Å². The Labute approximate surface area is 176 Å². The number of benzene rings is 1. The van der Waals surface area contributed by atoms with Gasteiger partial charge in [-0.3, -0.25) is 14.4 Å². The number of hydrogen-bond acceptors (Lipinski definition) is 4. The number of nitrogens with zero attached hydrogens (tertiary/aromatic N) is 3. The minimum atomic E-state index is -0.574. The molecule has 0 aromatic heterocycles. The third-order valence-electron chi connectivity index (χ3n) is 7.09. The standard InChI is InChI=1S/C23H29N3O4/c1-15-10-18(15)21(28)25-13-23(14-25)12-24(11-17-6-3-4-8-20(17)30-23)22(29)19-7-5-9-26(19)16(2)27/h3-4,6,8,15,18-19H,5,7,9-14H2,1-2H3/t15-,18-,19+/m1/s1. The number of rotatable bonds is 2. The molecule has 1 aliphatic carbocycles. The van der Waals surface area contributed by atoms with E-state index in [0.717, 1.165) is 24.2 Å². The minimum Gasteiger partial charge on any atom is -0.481 e. The predicted molar refractivity (Wildman–Crippen MR) is 109 cm³/mol. The molecule has 1 spiro atoms. The second kappa shape index (κ2) is 7.00. The normalized spacial score (nSPS) is 29.0. The quantitative estimate of drug-likeness (QED) is 0.742. The van der Waals surface area contributed by atoms with Crippen molar-refractivity contribution in [3.8, 4) is 5.75 Å². The van der Waals surface area contributed by atoms with Gasteiger partial charge >= 0.3 is 0 Å². The zero-order chi connectivity index (χ0) is 21.0. The van der Waals surface area contributed by atoms with Gasteiger partial charge in [-0.1, -0.05) is 25.1 Å². The number of hydrogen-bond donors (Lipinski definition) is 0. The van der Waals surface area contributed by atoms with Crippen LogP contribution in [0.2, 0.25) is 0 Å². The molecule has 160 valence electrons. The van der Waals surface area contributed by atoms with Crippen molar-refractivity contribution in [2.45, 2.75) is 51.3 Å². The van der Waals surface area contributed by atoms with Crippen LogP contribution >= 0.6 is 0 Å². The molecule has 1 aromatic rings. The second-order valence-corrected chi connectivity index (χ2v) is 9.47. The maximum absolute atomic E-state index is 13.5. The van der Waals surface area contributed by atoms with Crippen molar-refractivity contribution in [1.82, 2.24) is 14.7 Å². The first-order valence-electron chi connectivity index (χ1n) is 11.0. The second-order valence-electron chi connectivity index (χ2n) is 9.47. The first-order chi connectivity index (χ1) is 14.4. The highest BCUT2D eigenvalue weighted by Gasteiger charge is 2.54. The Balaban J connectivity index is 1.38. The molecule has 0 bridgehead atoms. The lowest BCUT2D eigenvalue weighted by Crippen LogP contribution is -2.70. The molecule has 3 heterocycles. The van der Waals surface area contributed by atoms with E-state index in [9.17, 15) is 14.4 Å². The summed E-state index contributed by atoms with van der Waals surface area (Å²) < 4.78 is 6.44. The highest BCUT2D eigenvalue weighted by atomic mass is 16.5. The largest absolute Gasteiger partial charge is 0.481 e. The summed E-state index contributed by atoms with van der Waals surface area (Å²) in [6.45, 7) is 6.20. The lowest BCUT2D eigenvalue weighted by Gasteiger charge is -2.50. The first-order valence-corrected chi connectivity index (χ1v) is 11.0. The van der Waals surface area contributed by atoms with Crippen LogP contribution in [-0.2, 0) is 20.9 Å². The number of carbonyl (C=O) groups is 3. The van der Waals surface area contributed by atoms with Crippen LogP contribution < -0.4 is 4.74 Å². The highest BCUT2D eigenvalue weighted by molar-refractivity contribution is 5.88. The number of amides is 3. The summed E-state index contributed by atoms with van der Waals surface area (Å²) in [5, 5.41) is 0. The topological polar surface area (TPSA) is 70.2 Å². The summed E-state index contributed by atoms with van der Waals surface area (Å²) >= 11 is 0. The predicted octanol–water partition coefficient (Wildman–Crippen LogP) is 1.66. The van der Waals surface area contributed by atoms with E-state index in [1.54, 1.807) is 4.90 Å². The molecule has 0 radical (unpaired) electrons. The zero-order valence-corrected chi connectivity index (χ0v) is 17.7. The smallest absolute Gasteiger partial charge is 0.245 e. The van der Waals surface area contributed by atoms with Crippen molar-refractivity contribution in [2.75, 3.05) is 26.2 Å². The molecule has 4 aliphatic rings. The van der Waals surface area contributed by atoms with Crippen molar-refractivity contribution >= 4 is 17.7 Å². The van der Waals surface area contributed by atoms with Crippen LogP contribution in [0.1, 0.15) is 38.7 Å². The van der Waals surface area contributed by atoms with Gasteiger partial charge < -0.3 is 19.4 Å². The lowest BCUT2D eigenvalue weighted by molar-refractivity contribution is -0.159. The zero-order valence-electron chi connectivity index (χ0n) is 17.7. The van der Waals surface area contributed by atoms with Crippen molar-refractivity contribution < 1.29 is 19.1 Å². The molecule has 7 nitrogen and oxygen atoms in total. The Morgan fingerprint density at radius 1 is 1.07 bits per heavy atom. The van der Waals surface area contributed by atoms with Gasteiger partial charge in [-0.05, 0) is 31.2 Å². The fourth-order valence-corrected chi connectivity index (χ4v) is 5.25. The first kappa shape index (κ1) is 19.4. The summed E-state index contributed by atoms with van der Waals surface area (Å²) in [5.74, 6) is 1.57. The van der Waals surface area contributed by atoms with Crippen LogP contribution in [-0.4, -0.2) is 70.2 Å². The van der Waals surface area contributed by atoms with E-state index in [-0.39, 0.29) is 23.6 Å². The Morgan fingerprint density at radius 2 is 1.77 bits per heavy atom. The van der Waals surface area contributed by atoms with Crippen LogP contribution in [0, 0.1) is 11.8 Å². The molecule has 1 saturated carbocycles. The maximum atomic E-state index is 13.5. The van der Waals surface area contributed by atoms with Gasteiger partial charge in [-0.15, -0.1) is 0 Å². The highest BCUT2D eigenvalue weighted by Crippen LogP contribution is 2.42. The third kappa shape index (κ3) is 3.24. The minimum absolute atomic E-state index is 0.0111. The third-order valence-corrected chi connectivity index (χ3v) is 7.09. The number of para-hydroxylation sites is 1. The monoisotopic (exact) mass is 411 g/mol. The van der Waals surface area contributed by atoms with Crippen molar-refractivity contribution in [1.29, 1.82) is 0 Å². The Hall–Kier alpha value is -2.57. The van der Waals surface area contributed by atoms with Gasteiger partial charge in [0.1, 0.15) is 11.8 Å². The molecule has 2 saturated heterocycles. The molecule has 3 fully saturated rings. The summed E-state index contributed by atoms with van der Waals surface area (Å²) in [5.41, 5.74) is 0.395. The number of fused-ring (bicyclic) bond motifs is 1. The van der Waals surface area contributed by atoms with E-state index in [1.807, 2.05) is 34.1 Å². The van der Waals surface area contributed by atoms with Crippen LogP contribution in [0.15, 0.2) is 24.3 Å². The van der Waals surface area contributed by atoms with Crippen LogP contribution in [0.3, 0.4) is 0 Å². The van der Waals surface area contributed by atoms with Crippen LogP contribution in [0.4, 0.5) is 0 Å². The van der Waals surface area contributed by atoms with E-state index >= 15 is 0 Å². The van der Waals surface area contributed by atoms with E-state index in [0.29, 0.717) is 45.1 Å². The molecule has 0 unspecified atom stereocenters. The molecule has 1 aromatic carbocycles. The maximum Gasteiger partial charge on any atom is 0.245 e. The molecular weight excluding hydrogens is 382 g/mol. The molecule has 3 aliphatic heterocycles. The number of likely N-dealkylation sites (tertiary alicyclic amines) is 2. The fraction of sp³-hybridized carbons (Fsp3) is 0.609. The average Bonchev–Trinajstić information content (AvgIpc) is 3.26. The Morgan fingerprint density at radius 3 is 2.47 bits per heavy atom. The van der Waals surface area contributed by atoms with E-state index < -0.39 is 11.6 Å². The molecule has 7 heteroatoms. The van der Waals surface area contributed by atoms with Crippen molar-refractivity contribution in [3.05, 3.63) is 29.8 Å². The summed E-state index contributed by atoms with van der Waals surface area (Å²) in [6, 6.07) is 7.42. The van der Waals surface area contributed by atoms with Gasteiger partial charge in [0, 0.05) is 31.5 Å². The van der Waals surface area contributed by atoms with E-state index in [4.69, 9.17) is 4.74 Å². The van der Waals surface area contributed by atoms with Crippen LogP contribution in [0.25, 0.3) is 0 Å². The Bertz CT molecular complexity index is 894. The SMILES string of the molecule is CC(=O)N1CCC[C@H]1C(=O)N1Cc2ccccc2OC2(CN(C(=O)[C@@H]3C[C@H]3C)C2)C1. The summed E-state index contributed by atoms with van der Waals surface area (Å²) in [4.78, 5) is 43.5. The average molecular weight is 412 g/mol. The van der Waals surface area contributed by atoms with Gasteiger partial charge in [0.05, 0.1) is 19.6 Å². The summed E-state index contributed by atoms with van der Waals surface area (Å²) in [6.07, 6.45) is 2.53. The molecule has 30 heavy (non-hydrogen) atoms. The van der Waals surface area contributed by atoms with Gasteiger partial charge in [0.25, 0.3) is 0 Å². The van der Waals surface area contributed by atoms with Crippen LogP contribution in [0.5, 0.6) is 5.75 Å². The molecule has 5 rings (SSSR count). The summed E-state index contributed by atoms with van der Waals surface area (Å²) in [7, 11) is 0. The Kier molecular flexibility index (Phi) is 4.52. The lowest BCUT2D eigenvalue weighted by atomic mass is 9.92. The molecule has 3 amide bonds.